The predicted octanol–water partition coefficient (Wildman–Crippen LogP) is 3.67. The summed E-state index contributed by atoms with van der Waals surface area (Å²) in [6.07, 6.45) is -0.825. The fourth-order valence-corrected chi connectivity index (χ4v) is 2.23. The van der Waals surface area contributed by atoms with Crippen LogP contribution >= 0.6 is 11.6 Å². The first-order chi connectivity index (χ1) is 12.0. The molecule has 0 unspecified atom stereocenters. The van der Waals surface area contributed by atoms with E-state index in [-0.39, 0.29) is 5.71 Å². The van der Waals surface area contributed by atoms with Crippen LogP contribution in [-0.4, -0.2) is 23.4 Å². The van der Waals surface area contributed by atoms with E-state index in [4.69, 9.17) is 16.4 Å². The summed E-state index contributed by atoms with van der Waals surface area (Å²) in [4.78, 5) is 28.9. The molecule has 8 heteroatoms. The fraction of sp³-hybridized carbons (Fsp3) is 0.0588. The molecule has 2 aromatic carbocycles. The number of nitrogens with one attached hydrogen (secondary N) is 1. The van der Waals surface area contributed by atoms with Crippen LogP contribution in [0.2, 0.25) is 5.02 Å². The molecule has 7 nitrogen and oxygen atoms in total. The van der Waals surface area contributed by atoms with Crippen molar-refractivity contribution >= 4 is 46.4 Å². The highest BCUT2D eigenvalue weighted by atomic mass is 35.5. The third-order valence-corrected chi connectivity index (χ3v) is 3.55. The lowest BCUT2D eigenvalue weighted by Gasteiger charge is -2.10. The molecular formula is C17H13ClN4O3. The largest absolute Gasteiger partial charge is 0.437 e. The van der Waals surface area contributed by atoms with Gasteiger partial charge in [0.2, 0.25) is 0 Å². The van der Waals surface area contributed by atoms with Crippen molar-refractivity contribution in [3.05, 3.63) is 59.6 Å². The van der Waals surface area contributed by atoms with E-state index in [1.807, 2.05) is 6.07 Å². The minimum absolute atomic E-state index is 0.0323. The summed E-state index contributed by atoms with van der Waals surface area (Å²) < 4.78 is 0. The molecule has 0 spiro atoms. The molecule has 2 amide bonds. The first-order valence-corrected chi connectivity index (χ1v) is 7.69. The number of para-hydroxylation sites is 1. The highest BCUT2D eigenvalue weighted by molar-refractivity contribution is 6.71. The summed E-state index contributed by atoms with van der Waals surface area (Å²) in [5, 5.41) is 12.0. The van der Waals surface area contributed by atoms with Crippen molar-refractivity contribution in [1.82, 2.24) is 0 Å². The average Bonchev–Trinajstić information content (AvgIpc) is 2.90. The monoisotopic (exact) mass is 356 g/mol. The molecule has 0 saturated carbocycles. The van der Waals surface area contributed by atoms with Gasteiger partial charge in [0.05, 0.1) is 11.4 Å². The maximum Gasteiger partial charge on any atom is 0.437 e. The van der Waals surface area contributed by atoms with Gasteiger partial charge in [0.25, 0.3) is 0 Å². The molecule has 0 saturated heterocycles. The molecule has 0 fully saturated rings. The summed E-state index contributed by atoms with van der Waals surface area (Å²) in [5.74, 6) is -0.469. The Morgan fingerprint density at radius 3 is 2.52 bits per heavy atom. The molecule has 3 rings (SSSR count). The number of hydrogen-bond donors (Lipinski definition) is 1. The van der Waals surface area contributed by atoms with Crippen LogP contribution in [0.1, 0.15) is 6.92 Å². The zero-order valence-electron chi connectivity index (χ0n) is 13.1. The maximum atomic E-state index is 12.4. The van der Waals surface area contributed by atoms with Gasteiger partial charge in [-0.1, -0.05) is 35.0 Å². The molecule has 0 aromatic heterocycles. The number of hydrogen-bond acceptors (Lipinski definition) is 5. The molecule has 1 aliphatic heterocycles. The van der Waals surface area contributed by atoms with Crippen molar-refractivity contribution in [2.24, 2.45) is 10.3 Å². The number of benzene rings is 2. The number of amides is 2. The summed E-state index contributed by atoms with van der Waals surface area (Å²) in [5.41, 5.74) is 1.41. The molecule has 2 aromatic rings. The van der Waals surface area contributed by atoms with Gasteiger partial charge in [-0.15, -0.1) is 0 Å². The maximum absolute atomic E-state index is 12.4. The molecule has 1 N–H and O–H groups in total. The van der Waals surface area contributed by atoms with Crippen LogP contribution < -0.4 is 10.3 Å². The summed E-state index contributed by atoms with van der Waals surface area (Å²) >= 11 is 5.77. The molecule has 1 aliphatic rings. The smallest absolute Gasteiger partial charge is 0.297 e. The van der Waals surface area contributed by atoms with Crippen LogP contribution in [0.3, 0.4) is 0 Å². The number of carbonyl (C=O) groups excluding carboxylic acids is 2. The van der Waals surface area contributed by atoms with Crippen LogP contribution in [0.15, 0.2) is 64.9 Å². The molecule has 0 radical (unpaired) electrons. The van der Waals surface area contributed by atoms with Gasteiger partial charge in [0, 0.05) is 10.7 Å². The number of oxime groups is 1. The highest BCUT2D eigenvalue weighted by Gasteiger charge is 2.31. The van der Waals surface area contributed by atoms with Crippen molar-refractivity contribution in [1.29, 1.82) is 0 Å². The van der Waals surface area contributed by atoms with E-state index in [0.29, 0.717) is 22.1 Å². The standard InChI is InChI=1S/C17H13ClN4O3/c1-11-15(16(23)22(20-11)14-5-3-2-4-6-14)21-25-17(24)19-13-9-7-12(18)8-10-13/h2-10H,1H3,(H,19,24). The number of halogens is 1. The van der Waals surface area contributed by atoms with E-state index >= 15 is 0 Å². The van der Waals surface area contributed by atoms with Crippen molar-refractivity contribution < 1.29 is 14.4 Å². The minimum atomic E-state index is -0.825. The second-order valence-electron chi connectivity index (χ2n) is 5.09. The van der Waals surface area contributed by atoms with Crippen LogP contribution in [0.25, 0.3) is 0 Å². The molecule has 1 heterocycles. The van der Waals surface area contributed by atoms with Gasteiger partial charge in [-0.3, -0.25) is 14.9 Å². The topological polar surface area (TPSA) is 83.4 Å². The lowest BCUT2D eigenvalue weighted by molar-refractivity contribution is -0.112. The molecule has 0 bridgehead atoms. The number of rotatable bonds is 3. The molecule has 126 valence electrons. The third kappa shape index (κ3) is 3.84. The van der Waals surface area contributed by atoms with Crippen LogP contribution in [0.5, 0.6) is 0 Å². The minimum Gasteiger partial charge on any atom is -0.297 e. The first-order valence-electron chi connectivity index (χ1n) is 7.31. The summed E-state index contributed by atoms with van der Waals surface area (Å²) in [7, 11) is 0. The van der Waals surface area contributed by atoms with Gasteiger partial charge in [-0.2, -0.15) is 10.1 Å². The SMILES string of the molecule is CC1=NN(c2ccccc2)C(=O)C1=NOC(=O)Nc1ccc(Cl)cc1. The summed E-state index contributed by atoms with van der Waals surface area (Å²) in [6, 6.07) is 15.4. The molecule has 0 atom stereocenters. The Bertz CT molecular complexity index is 863. The Hall–Kier alpha value is -3.19. The first kappa shape index (κ1) is 16.7. The number of hydrazone groups is 1. The fourth-order valence-electron chi connectivity index (χ4n) is 2.11. The van der Waals surface area contributed by atoms with E-state index in [9.17, 15) is 9.59 Å². The zero-order valence-corrected chi connectivity index (χ0v) is 13.9. The molecular weight excluding hydrogens is 344 g/mol. The van der Waals surface area contributed by atoms with Crippen molar-refractivity contribution in [3.8, 4) is 0 Å². The van der Waals surface area contributed by atoms with Crippen molar-refractivity contribution in [2.45, 2.75) is 6.92 Å². The van der Waals surface area contributed by atoms with Crippen LogP contribution in [0, 0.1) is 0 Å². The molecule has 0 aliphatic carbocycles. The highest BCUT2D eigenvalue weighted by Crippen LogP contribution is 2.19. The normalized spacial score (nSPS) is 15.3. The lowest BCUT2D eigenvalue weighted by atomic mass is 10.2. The Morgan fingerprint density at radius 1 is 1.16 bits per heavy atom. The van der Waals surface area contributed by atoms with Crippen molar-refractivity contribution in [2.75, 3.05) is 10.3 Å². The predicted molar refractivity (Wildman–Crippen MR) is 96.0 cm³/mol. The quantitative estimate of drug-likeness (QED) is 0.672. The van der Waals surface area contributed by atoms with Crippen LogP contribution in [0.4, 0.5) is 16.2 Å². The van der Waals surface area contributed by atoms with E-state index in [0.717, 1.165) is 0 Å². The lowest BCUT2D eigenvalue weighted by Crippen LogP contribution is -2.27. The van der Waals surface area contributed by atoms with Crippen LogP contribution in [-0.2, 0) is 9.63 Å². The van der Waals surface area contributed by atoms with E-state index in [1.165, 1.54) is 5.01 Å². The van der Waals surface area contributed by atoms with Gasteiger partial charge in [0.1, 0.15) is 0 Å². The van der Waals surface area contributed by atoms with Gasteiger partial charge >= 0.3 is 12.0 Å². The van der Waals surface area contributed by atoms with Gasteiger partial charge in [-0.25, -0.2) is 4.79 Å². The average molecular weight is 357 g/mol. The zero-order chi connectivity index (χ0) is 17.8. The Labute approximate surface area is 148 Å². The second kappa shape index (κ2) is 7.14. The Balaban J connectivity index is 1.67. The van der Waals surface area contributed by atoms with Crippen molar-refractivity contribution in [3.63, 3.8) is 0 Å². The summed E-state index contributed by atoms with van der Waals surface area (Å²) in [6.45, 7) is 1.61. The third-order valence-electron chi connectivity index (χ3n) is 3.30. The van der Waals surface area contributed by atoms with E-state index in [1.54, 1.807) is 55.5 Å². The van der Waals surface area contributed by atoms with Gasteiger partial charge < -0.3 is 0 Å². The molecule has 25 heavy (non-hydrogen) atoms. The van der Waals surface area contributed by atoms with Gasteiger partial charge in [-0.05, 0) is 43.3 Å². The second-order valence-corrected chi connectivity index (χ2v) is 5.52. The number of anilines is 2. The van der Waals surface area contributed by atoms with Gasteiger partial charge in [0.15, 0.2) is 5.71 Å². The Morgan fingerprint density at radius 2 is 1.84 bits per heavy atom. The van der Waals surface area contributed by atoms with E-state index < -0.39 is 12.0 Å². The number of carbonyl (C=O) groups is 2. The number of nitrogens with zero attached hydrogens (tertiary/aromatic N) is 3. The Kier molecular flexibility index (Phi) is 4.76. The van der Waals surface area contributed by atoms with E-state index in [2.05, 4.69) is 15.6 Å².